The molecule has 1 saturated heterocycles. The lowest BCUT2D eigenvalue weighted by Crippen LogP contribution is -2.29. The van der Waals surface area contributed by atoms with Crippen LogP contribution >= 0.6 is 0 Å². The number of pyridine rings is 1. The highest BCUT2D eigenvalue weighted by Crippen LogP contribution is 2.41. The molecule has 0 radical (unpaired) electrons. The van der Waals surface area contributed by atoms with E-state index < -0.39 is 17.7 Å². The van der Waals surface area contributed by atoms with E-state index in [1.54, 1.807) is 60.9 Å². The van der Waals surface area contributed by atoms with Crippen LogP contribution in [0.3, 0.4) is 0 Å². The summed E-state index contributed by atoms with van der Waals surface area (Å²) in [5.41, 5.74) is 1.75. The number of phenols is 1. The van der Waals surface area contributed by atoms with E-state index in [0.29, 0.717) is 16.9 Å². The Labute approximate surface area is 191 Å². The first kappa shape index (κ1) is 22.1. The molecule has 2 heterocycles. The van der Waals surface area contributed by atoms with E-state index >= 15 is 0 Å². The normalized spacial score (nSPS) is 17.5. The van der Waals surface area contributed by atoms with Crippen molar-refractivity contribution in [1.82, 2.24) is 9.88 Å². The van der Waals surface area contributed by atoms with Crippen LogP contribution in [-0.2, 0) is 16.1 Å². The number of rotatable bonds is 6. The first-order valence-corrected chi connectivity index (χ1v) is 10.6. The van der Waals surface area contributed by atoms with E-state index in [1.165, 1.54) is 17.0 Å². The van der Waals surface area contributed by atoms with Crippen molar-refractivity contribution < 1.29 is 24.5 Å². The summed E-state index contributed by atoms with van der Waals surface area (Å²) in [6.45, 7) is 3.94. The van der Waals surface area contributed by atoms with Crippen LogP contribution in [0.2, 0.25) is 0 Å². The number of phenolic OH excluding ortho intramolecular Hbond substituents is 1. The van der Waals surface area contributed by atoms with Crippen LogP contribution in [0.4, 0.5) is 0 Å². The molecule has 4 rings (SSSR count). The molecule has 1 fully saturated rings. The van der Waals surface area contributed by atoms with Gasteiger partial charge in [0.25, 0.3) is 11.7 Å². The minimum atomic E-state index is -0.826. The molecule has 0 spiro atoms. The van der Waals surface area contributed by atoms with Gasteiger partial charge in [0.15, 0.2) is 0 Å². The summed E-state index contributed by atoms with van der Waals surface area (Å²) in [7, 11) is 0. The van der Waals surface area contributed by atoms with E-state index in [1.807, 2.05) is 13.8 Å². The molecule has 7 heteroatoms. The van der Waals surface area contributed by atoms with Crippen molar-refractivity contribution in [3.8, 4) is 11.5 Å². The molecule has 168 valence electrons. The molecule has 33 heavy (non-hydrogen) atoms. The number of nitrogens with zero attached hydrogens (tertiary/aromatic N) is 2. The maximum absolute atomic E-state index is 13.1. The summed E-state index contributed by atoms with van der Waals surface area (Å²) < 4.78 is 5.71. The molecule has 7 nitrogen and oxygen atoms in total. The number of likely N-dealkylation sites (tertiary alicyclic amines) is 1. The van der Waals surface area contributed by atoms with Gasteiger partial charge >= 0.3 is 0 Å². The molecule has 0 aliphatic carbocycles. The van der Waals surface area contributed by atoms with Crippen LogP contribution in [0.25, 0.3) is 5.76 Å². The molecule has 2 aromatic carbocycles. The number of aromatic nitrogens is 1. The predicted octanol–water partition coefficient (Wildman–Crippen LogP) is 4.20. The zero-order valence-corrected chi connectivity index (χ0v) is 18.3. The Balaban J connectivity index is 1.83. The first-order valence-electron chi connectivity index (χ1n) is 10.6. The molecular formula is C26H24N2O5. The Morgan fingerprint density at radius 1 is 1.06 bits per heavy atom. The Morgan fingerprint density at radius 2 is 1.76 bits per heavy atom. The Bertz CT molecular complexity index is 1200. The fraction of sp³-hybridized carbons (Fsp3) is 0.192. The highest BCUT2D eigenvalue weighted by molar-refractivity contribution is 6.46. The van der Waals surface area contributed by atoms with Gasteiger partial charge in [0.05, 0.1) is 17.7 Å². The summed E-state index contributed by atoms with van der Waals surface area (Å²) in [5, 5.41) is 20.9. The van der Waals surface area contributed by atoms with Crippen LogP contribution in [0.1, 0.15) is 36.6 Å². The molecule has 2 N–H and O–H groups in total. The quantitative estimate of drug-likeness (QED) is 0.336. The van der Waals surface area contributed by atoms with Gasteiger partial charge in [-0.3, -0.25) is 14.6 Å². The maximum Gasteiger partial charge on any atom is 0.295 e. The Hall–Kier alpha value is -4.13. The second kappa shape index (κ2) is 9.16. The van der Waals surface area contributed by atoms with Crippen molar-refractivity contribution in [3.05, 3.63) is 95.3 Å². The van der Waals surface area contributed by atoms with Crippen LogP contribution in [0, 0.1) is 0 Å². The van der Waals surface area contributed by atoms with Gasteiger partial charge in [-0.25, -0.2) is 0 Å². The number of ketones is 1. The number of benzene rings is 2. The van der Waals surface area contributed by atoms with Crippen LogP contribution in [-0.4, -0.2) is 37.9 Å². The van der Waals surface area contributed by atoms with Crippen molar-refractivity contribution >= 4 is 17.4 Å². The number of carbonyl (C=O) groups is 2. The average Bonchev–Trinajstić information content (AvgIpc) is 3.04. The summed E-state index contributed by atoms with van der Waals surface area (Å²) in [6.07, 6.45) is 3.16. The number of ether oxygens (including phenoxy) is 1. The van der Waals surface area contributed by atoms with E-state index in [9.17, 15) is 19.8 Å². The summed E-state index contributed by atoms with van der Waals surface area (Å²) in [4.78, 5) is 31.6. The molecule has 1 aromatic heterocycles. The SMILES string of the molecule is CC(C)Oc1cccc(/C(O)=C2/C(=O)C(=O)N(Cc3ccncc3)C2c2ccc(O)cc2)c1. The van der Waals surface area contributed by atoms with Crippen LogP contribution < -0.4 is 4.74 Å². The van der Waals surface area contributed by atoms with Gasteiger partial charge in [0.2, 0.25) is 0 Å². The minimum Gasteiger partial charge on any atom is -0.508 e. The fourth-order valence-electron chi connectivity index (χ4n) is 3.88. The highest BCUT2D eigenvalue weighted by Gasteiger charge is 2.46. The maximum atomic E-state index is 13.1. The van der Waals surface area contributed by atoms with Gasteiger partial charge in [0.1, 0.15) is 17.3 Å². The topological polar surface area (TPSA) is 100.0 Å². The lowest BCUT2D eigenvalue weighted by molar-refractivity contribution is -0.140. The number of hydrogen-bond acceptors (Lipinski definition) is 6. The van der Waals surface area contributed by atoms with E-state index in [0.717, 1.165) is 5.56 Å². The Morgan fingerprint density at radius 3 is 2.42 bits per heavy atom. The predicted molar refractivity (Wildman–Crippen MR) is 122 cm³/mol. The number of aliphatic hydroxyl groups excluding tert-OH is 1. The van der Waals surface area contributed by atoms with Gasteiger partial charge in [-0.1, -0.05) is 24.3 Å². The third-order valence-corrected chi connectivity index (χ3v) is 5.33. The number of aromatic hydroxyl groups is 1. The zero-order chi connectivity index (χ0) is 23.5. The van der Waals surface area contributed by atoms with Gasteiger partial charge in [-0.15, -0.1) is 0 Å². The number of aliphatic hydroxyl groups is 1. The average molecular weight is 444 g/mol. The third-order valence-electron chi connectivity index (χ3n) is 5.33. The molecule has 0 saturated carbocycles. The van der Waals surface area contributed by atoms with Crippen molar-refractivity contribution in [2.45, 2.75) is 32.5 Å². The van der Waals surface area contributed by atoms with Gasteiger partial charge in [-0.05, 0) is 61.4 Å². The number of carbonyl (C=O) groups excluding carboxylic acids is 2. The largest absolute Gasteiger partial charge is 0.508 e. The summed E-state index contributed by atoms with van der Waals surface area (Å²) in [5.74, 6) is -1.15. The molecule has 1 aliphatic rings. The van der Waals surface area contributed by atoms with Gasteiger partial charge in [0, 0.05) is 24.5 Å². The van der Waals surface area contributed by atoms with Gasteiger partial charge in [-0.2, -0.15) is 0 Å². The van der Waals surface area contributed by atoms with Crippen molar-refractivity contribution in [3.63, 3.8) is 0 Å². The van der Waals surface area contributed by atoms with E-state index in [2.05, 4.69) is 4.98 Å². The van der Waals surface area contributed by atoms with Crippen LogP contribution in [0.15, 0.2) is 78.6 Å². The number of amides is 1. The standard InChI is InChI=1S/C26H24N2O5/c1-16(2)33-21-5-3-4-19(14-21)24(30)22-23(18-6-8-20(29)9-7-18)28(26(32)25(22)31)15-17-10-12-27-13-11-17/h3-14,16,23,29-30H,15H2,1-2H3/b24-22-. The van der Waals surface area contributed by atoms with Crippen molar-refractivity contribution in [2.24, 2.45) is 0 Å². The second-order valence-electron chi connectivity index (χ2n) is 8.07. The lowest BCUT2D eigenvalue weighted by Gasteiger charge is -2.25. The van der Waals surface area contributed by atoms with E-state index in [4.69, 9.17) is 4.74 Å². The smallest absolute Gasteiger partial charge is 0.295 e. The molecule has 1 unspecified atom stereocenters. The van der Waals surface area contributed by atoms with E-state index in [-0.39, 0.29) is 29.7 Å². The lowest BCUT2D eigenvalue weighted by atomic mass is 9.95. The molecule has 1 atom stereocenters. The monoisotopic (exact) mass is 444 g/mol. The molecule has 0 bridgehead atoms. The molecule has 1 aliphatic heterocycles. The third kappa shape index (κ3) is 4.57. The number of Topliss-reactive ketones (excluding diaryl/α,β-unsaturated/α-hetero) is 1. The van der Waals surface area contributed by atoms with Crippen LogP contribution in [0.5, 0.6) is 11.5 Å². The molecular weight excluding hydrogens is 420 g/mol. The number of hydrogen-bond donors (Lipinski definition) is 2. The molecule has 1 amide bonds. The highest BCUT2D eigenvalue weighted by atomic mass is 16.5. The zero-order valence-electron chi connectivity index (χ0n) is 18.3. The summed E-state index contributed by atoms with van der Waals surface area (Å²) >= 11 is 0. The fourth-order valence-corrected chi connectivity index (χ4v) is 3.88. The summed E-state index contributed by atoms with van der Waals surface area (Å²) in [6, 6.07) is 15.7. The first-order chi connectivity index (χ1) is 15.8. The second-order valence-corrected chi connectivity index (χ2v) is 8.07. The van der Waals surface area contributed by atoms with Crippen molar-refractivity contribution in [2.75, 3.05) is 0 Å². The van der Waals surface area contributed by atoms with Crippen molar-refractivity contribution in [1.29, 1.82) is 0 Å². The molecule has 3 aromatic rings. The Kier molecular flexibility index (Phi) is 6.13. The minimum absolute atomic E-state index is 0.0126. The van der Waals surface area contributed by atoms with Gasteiger partial charge < -0.3 is 19.8 Å².